The van der Waals surface area contributed by atoms with Crippen LogP contribution in [0, 0.1) is 11.6 Å². The first-order valence-corrected chi connectivity index (χ1v) is 8.26. The minimum absolute atomic E-state index is 0.147. The highest BCUT2D eigenvalue weighted by Gasteiger charge is 2.28. The molecule has 0 unspecified atom stereocenters. The first-order chi connectivity index (χ1) is 12.8. The van der Waals surface area contributed by atoms with Crippen LogP contribution in [0.2, 0.25) is 0 Å². The van der Waals surface area contributed by atoms with Gasteiger partial charge in [-0.05, 0) is 42.3 Å². The molecular formula is C19H17F5N2O. The highest BCUT2D eigenvalue weighted by Crippen LogP contribution is 2.23. The van der Waals surface area contributed by atoms with Crippen LogP contribution in [0.1, 0.15) is 11.1 Å². The zero-order valence-corrected chi connectivity index (χ0v) is 14.2. The molecule has 3 rings (SSSR count). The summed E-state index contributed by atoms with van der Waals surface area (Å²) in [5, 5.41) is 3.65. The monoisotopic (exact) mass is 384 g/mol. The molecule has 0 amide bonds. The van der Waals surface area contributed by atoms with E-state index < -0.39 is 24.4 Å². The van der Waals surface area contributed by atoms with Gasteiger partial charge in [-0.15, -0.1) is 0 Å². The van der Waals surface area contributed by atoms with Crippen molar-refractivity contribution in [3.63, 3.8) is 0 Å². The molecule has 0 fully saturated rings. The summed E-state index contributed by atoms with van der Waals surface area (Å²) >= 11 is 0. The summed E-state index contributed by atoms with van der Waals surface area (Å²) in [6.45, 7) is -0.384. The Morgan fingerprint density at radius 3 is 2.67 bits per heavy atom. The zero-order valence-electron chi connectivity index (χ0n) is 14.2. The predicted molar refractivity (Wildman–Crippen MR) is 91.6 cm³/mol. The second kappa shape index (κ2) is 7.96. The summed E-state index contributed by atoms with van der Waals surface area (Å²) in [6, 6.07) is 8.50. The molecule has 0 saturated carbocycles. The molecule has 3 nitrogen and oxygen atoms in total. The fourth-order valence-electron chi connectivity index (χ4n) is 2.78. The molecule has 1 heterocycles. The second-order valence-electron chi connectivity index (χ2n) is 6.10. The Morgan fingerprint density at radius 2 is 1.89 bits per heavy atom. The van der Waals surface area contributed by atoms with Gasteiger partial charge in [-0.25, -0.2) is 8.78 Å². The lowest BCUT2D eigenvalue weighted by Gasteiger charge is -2.10. The average molecular weight is 384 g/mol. The van der Waals surface area contributed by atoms with Gasteiger partial charge in [0.1, 0.15) is 17.4 Å². The maximum Gasteiger partial charge on any atom is 0.422 e. The van der Waals surface area contributed by atoms with Crippen molar-refractivity contribution in [2.45, 2.75) is 19.1 Å². The number of alkyl halides is 3. The van der Waals surface area contributed by atoms with E-state index >= 15 is 0 Å². The SMILES string of the molecule is Fc1cc(F)c2[nH]cc(CCNCc3cccc(OCC(F)(F)F)c3)c2c1. The first-order valence-electron chi connectivity index (χ1n) is 8.26. The maximum atomic E-state index is 13.7. The summed E-state index contributed by atoms with van der Waals surface area (Å²) in [4.78, 5) is 2.80. The van der Waals surface area contributed by atoms with Crippen molar-refractivity contribution in [3.05, 3.63) is 65.4 Å². The van der Waals surface area contributed by atoms with Gasteiger partial charge in [-0.3, -0.25) is 0 Å². The second-order valence-corrected chi connectivity index (χ2v) is 6.10. The van der Waals surface area contributed by atoms with Gasteiger partial charge in [0, 0.05) is 24.2 Å². The van der Waals surface area contributed by atoms with E-state index in [4.69, 9.17) is 4.74 Å². The Balaban J connectivity index is 1.53. The molecule has 0 aliphatic carbocycles. The van der Waals surface area contributed by atoms with Crippen LogP contribution in [-0.2, 0) is 13.0 Å². The van der Waals surface area contributed by atoms with Gasteiger partial charge in [-0.1, -0.05) is 12.1 Å². The zero-order chi connectivity index (χ0) is 19.4. The third-order valence-corrected chi connectivity index (χ3v) is 3.99. The predicted octanol–water partition coefficient (Wildman–Crippen LogP) is 4.72. The lowest BCUT2D eigenvalue weighted by atomic mass is 10.1. The molecule has 8 heteroatoms. The molecule has 144 valence electrons. The lowest BCUT2D eigenvalue weighted by molar-refractivity contribution is -0.153. The number of benzene rings is 2. The van der Waals surface area contributed by atoms with E-state index in [1.165, 1.54) is 18.2 Å². The number of aromatic amines is 1. The standard InChI is InChI=1S/C19H17F5N2O/c20-14-7-16-13(10-26-18(16)17(21)8-14)4-5-25-9-12-2-1-3-15(6-12)27-11-19(22,23)24/h1-3,6-8,10,25-26H,4-5,9,11H2. The summed E-state index contributed by atoms with van der Waals surface area (Å²) in [6.07, 6.45) is -2.21. The van der Waals surface area contributed by atoms with Crippen LogP contribution in [0.15, 0.2) is 42.6 Å². The molecule has 0 bridgehead atoms. The lowest BCUT2D eigenvalue weighted by Crippen LogP contribution is -2.19. The van der Waals surface area contributed by atoms with Gasteiger partial charge in [-0.2, -0.15) is 13.2 Å². The van der Waals surface area contributed by atoms with Crippen molar-refractivity contribution >= 4 is 10.9 Å². The van der Waals surface area contributed by atoms with E-state index in [2.05, 4.69) is 10.3 Å². The molecule has 2 aromatic carbocycles. The Morgan fingerprint density at radius 1 is 1.07 bits per heavy atom. The van der Waals surface area contributed by atoms with Crippen LogP contribution < -0.4 is 10.1 Å². The van der Waals surface area contributed by atoms with Crippen molar-refractivity contribution in [2.24, 2.45) is 0 Å². The fraction of sp³-hybridized carbons (Fsp3) is 0.263. The normalized spacial score (nSPS) is 11.9. The molecule has 1 aromatic heterocycles. The highest BCUT2D eigenvalue weighted by atomic mass is 19.4. The smallest absolute Gasteiger partial charge is 0.422 e. The van der Waals surface area contributed by atoms with Crippen molar-refractivity contribution in [2.75, 3.05) is 13.2 Å². The van der Waals surface area contributed by atoms with Crippen LogP contribution in [0.4, 0.5) is 22.0 Å². The van der Waals surface area contributed by atoms with E-state index in [-0.39, 0.29) is 11.3 Å². The van der Waals surface area contributed by atoms with Crippen molar-refractivity contribution in [3.8, 4) is 5.75 Å². The molecular weight excluding hydrogens is 367 g/mol. The molecule has 0 atom stereocenters. The average Bonchev–Trinajstić information content (AvgIpc) is 3.00. The van der Waals surface area contributed by atoms with Crippen LogP contribution in [-0.4, -0.2) is 24.3 Å². The number of H-pyrrole nitrogens is 1. The van der Waals surface area contributed by atoms with Crippen molar-refractivity contribution in [1.82, 2.24) is 10.3 Å². The number of fused-ring (bicyclic) bond motifs is 1. The fourth-order valence-corrected chi connectivity index (χ4v) is 2.78. The van der Waals surface area contributed by atoms with Gasteiger partial charge >= 0.3 is 6.18 Å². The van der Waals surface area contributed by atoms with Gasteiger partial charge in [0.25, 0.3) is 0 Å². The molecule has 0 radical (unpaired) electrons. The van der Waals surface area contributed by atoms with Gasteiger partial charge in [0.2, 0.25) is 0 Å². The molecule has 0 saturated heterocycles. The summed E-state index contributed by atoms with van der Waals surface area (Å²) in [5.74, 6) is -1.13. The molecule has 27 heavy (non-hydrogen) atoms. The minimum Gasteiger partial charge on any atom is -0.484 e. The van der Waals surface area contributed by atoms with E-state index in [9.17, 15) is 22.0 Å². The maximum absolute atomic E-state index is 13.7. The number of rotatable bonds is 7. The Bertz CT molecular complexity index is 920. The van der Waals surface area contributed by atoms with E-state index in [1.54, 1.807) is 18.3 Å². The molecule has 0 aliphatic rings. The number of halogens is 5. The highest BCUT2D eigenvalue weighted by molar-refractivity contribution is 5.83. The van der Waals surface area contributed by atoms with Crippen LogP contribution >= 0.6 is 0 Å². The largest absolute Gasteiger partial charge is 0.484 e. The topological polar surface area (TPSA) is 37.0 Å². The number of hydrogen-bond acceptors (Lipinski definition) is 2. The van der Waals surface area contributed by atoms with E-state index in [1.807, 2.05) is 0 Å². The molecule has 2 N–H and O–H groups in total. The number of ether oxygens (including phenoxy) is 1. The third-order valence-electron chi connectivity index (χ3n) is 3.99. The quantitative estimate of drug-likeness (QED) is 0.457. The third kappa shape index (κ3) is 5.19. The number of hydrogen-bond donors (Lipinski definition) is 2. The Labute approximate surface area is 152 Å². The van der Waals surface area contributed by atoms with E-state index in [0.717, 1.165) is 17.2 Å². The van der Waals surface area contributed by atoms with Gasteiger partial charge in [0.05, 0.1) is 5.52 Å². The molecule has 0 aliphatic heterocycles. The van der Waals surface area contributed by atoms with Crippen LogP contribution in [0.5, 0.6) is 5.75 Å². The van der Waals surface area contributed by atoms with Crippen LogP contribution in [0.25, 0.3) is 10.9 Å². The van der Waals surface area contributed by atoms with Crippen molar-refractivity contribution < 1.29 is 26.7 Å². The van der Waals surface area contributed by atoms with Gasteiger partial charge in [0.15, 0.2) is 6.61 Å². The van der Waals surface area contributed by atoms with Crippen LogP contribution in [0.3, 0.4) is 0 Å². The Kier molecular flexibility index (Phi) is 5.65. The number of nitrogens with one attached hydrogen (secondary N) is 2. The van der Waals surface area contributed by atoms with E-state index in [0.29, 0.717) is 24.9 Å². The minimum atomic E-state index is -4.38. The summed E-state index contributed by atoms with van der Waals surface area (Å²) in [5.41, 5.74) is 1.81. The molecule has 3 aromatic rings. The first kappa shape index (κ1) is 19.2. The molecule has 0 spiro atoms. The van der Waals surface area contributed by atoms with Gasteiger partial charge < -0.3 is 15.0 Å². The summed E-state index contributed by atoms with van der Waals surface area (Å²) in [7, 11) is 0. The van der Waals surface area contributed by atoms with Crippen molar-refractivity contribution in [1.29, 1.82) is 0 Å². The number of aromatic nitrogens is 1. The summed E-state index contributed by atoms with van der Waals surface area (Å²) < 4.78 is 68.4. The Hall–Kier alpha value is -2.61.